The number of likely N-dealkylation sites (tertiary alicyclic amines) is 1. The monoisotopic (exact) mass is 328 g/mol. The molecule has 1 N–H and O–H groups in total. The summed E-state index contributed by atoms with van der Waals surface area (Å²) in [6.07, 6.45) is 9.33. The summed E-state index contributed by atoms with van der Waals surface area (Å²) in [6, 6.07) is 1.21. The van der Waals surface area contributed by atoms with Gasteiger partial charge >= 0.3 is 6.09 Å². The SMILES string of the molecule is CSC1CCCC1NC1CCCN(C(=O)OC(C)(C)C)CC1. The quantitative estimate of drug-likeness (QED) is 0.858. The minimum atomic E-state index is -0.406. The first-order valence-corrected chi connectivity index (χ1v) is 9.94. The first kappa shape index (κ1) is 17.9. The van der Waals surface area contributed by atoms with Crippen molar-refractivity contribution in [1.82, 2.24) is 10.2 Å². The predicted molar refractivity (Wildman–Crippen MR) is 93.5 cm³/mol. The molecular weight excluding hydrogens is 296 g/mol. The van der Waals surface area contributed by atoms with E-state index in [-0.39, 0.29) is 6.09 Å². The third kappa shape index (κ3) is 5.34. The molecule has 1 aliphatic heterocycles. The van der Waals surface area contributed by atoms with Crippen molar-refractivity contribution in [3.63, 3.8) is 0 Å². The summed E-state index contributed by atoms with van der Waals surface area (Å²) in [6.45, 7) is 7.41. The van der Waals surface area contributed by atoms with Gasteiger partial charge in [-0.3, -0.25) is 0 Å². The van der Waals surface area contributed by atoms with Gasteiger partial charge in [0.2, 0.25) is 0 Å². The maximum atomic E-state index is 12.2. The van der Waals surface area contributed by atoms with Gasteiger partial charge in [-0.25, -0.2) is 4.79 Å². The molecule has 22 heavy (non-hydrogen) atoms. The van der Waals surface area contributed by atoms with Crippen LogP contribution in [-0.4, -0.2) is 53.3 Å². The van der Waals surface area contributed by atoms with Crippen LogP contribution in [0.3, 0.4) is 0 Å². The molecule has 1 aliphatic carbocycles. The predicted octanol–water partition coefficient (Wildman–Crippen LogP) is 3.65. The van der Waals surface area contributed by atoms with E-state index in [0.29, 0.717) is 12.1 Å². The van der Waals surface area contributed by atoms with Gasteiger partial charge in [-0.1, -0.05) is 6.42 Å². The Labute approximate surface area is 139 Å². The standard InChI is InChI=1S/C17H32N2O2S/c1-17(2,3)21-16(20)19-11-6-7-13(10-12-19)18-14-8-5-9-15(14)22-4/h13-15,18H,5-12H2,1-4H3. The molecule has 0 bridgehead atoms. The molecule has 1 amide bonds. The van der Waals surface area contributed by atoms with Crippen LogP contribution in [0, 0.1) is 0 Å². The Morgan fingerprint density at radius 1 is 1.14 bits per heavy atom. The minimum Gasteiger partial charge on any atom is -0.444 e. The smallest absolute Gasteiger partial charge is 0.410 e. The van der Waals surface area contributed by atoms with Gasteiger partial charge in [0.1, 0.15) is 5.60 Å². The van der Waals surface area contributed by atoms with Crippen LogP contribution in [0.4, 0.5) is 4.79 Å². The van der Waals surface area contributed by atoms with Gasteiger partial charge in [0, 0.05) is 30.4 Å². The second kappa shape index (κ2) is 7.91. The highest BCUT2D eigenvalue weighted by Crippen LogP contribution is 2.29. The van der Waals surface area contributed by atoms with Crippen LogP contribution >= 0.6 is 11.8 Å². The lowest BCUT2D eigenvalue weighted by atomic mass is 10.1. The molecule has 2 aliphatic rings. The molecule has 3 atom stereocenters. The lowest BCUT2D eigenvalue weighted by Gasteiger charge is -2.27. The zero-order valence-electron chi connectivity index (χ0n) is 14.6. The highest BCUT2D eigenvalue weighted by Gasteiger charge is 2.30. The Morgan fingerprint density at radius 2 is 1.91 bits per heavy atom. The maximum absolute atomic E-state index is 12.2. The molecule has 2 rings (SSSR count). The van der Waals surface area contributed by atoms with Gasteiger partial charge in [0.15, 0.2) is 0 Å². The average Bonchev–Trinajstić information content (AvgIpc) is 2.73. The number of amides is 1. The molecule has 0 aromatic heterocycles. The Bertz CT molecular complexity index is 370. The molecule has 0 radical (unpaired) electrons. The lowest BCUT2D eigenvalue weighted by Crippen LogP contribution is -2.42. The van der Waals surface area contributed by atoms with Crippen molar-refractivity contribution in [1.29, 1.82) is 0 Å². The van der Waals surface area contributed by atoms with Crippen LogP contribution in [0.25, 0.3) is 0 Å². The van der Waals surface area contributed by atoms with Crippen LogP contribution in [0.2, 0.25) is 0 Å². The summed E-state index contributed by atoms with van der Waals surface area (Å²) < 4.78 is 5.50. The molecule has 1 saturated heterocycles. The van der Waals surface area contributed by atoms with E-state index in [1.54, 1.807) is 0 Å². The Hall–Kier alpha value is -0.420. The van der Waals surface area contributed by atoms with Crippen molar-refractivity contribution in [3.05, 3.63) is 0 Å². The van der Waals surface area contributed by atoms with Crippen LogP contribution in [0.5, 0.6) is 0 Å². The van der Waals surface area contributed by atoms with Gasteiger partial charge in [-0.05, 0) is 59.1 Å². The summed E-state index contributed by atoms with van der Waals surface area (Å²) in [5.41, 5.74) is -0.406. The number of nitrogens with one attached hydrogen (secondary N) is 1. The number of thioether (sulfide) groups is 1. The second-order valence-electron chi connectivity index (χ2n) is 7.57. The van der Waals surface area contributed by atoms with Crippen LogP contribution in [0.15, 0.2) is 0 Å². The van der Waals surface area contributed by atoms with Gasteiger partial charge < -0.3 is 15.0 Å². The van der Waals surface area contributed by atoms with E-state index in [4.69, 9.17) is 4.74 Å². The van der Waals surface area contributed by atoms with E-state index in [0.717, 1.165) is 37.6 Å². The van der Waals surface area contributed by atoms with Crippen molar-refractivity contribution in [3.8, 4) is 0 Å². The number of hydrogen-bond acceptors (Lipinski definition) is 4. The maximum Gasteiger partial charge on any atom is 0.410 e. The molecule has 0 spiro atoms. The first-order valence-electron chi connectivity index (χ1n) is 8.66. The summed E-state index contributed by atoms with van der Waals surface area (Å²) in [7, 11) is 0. The zero-order chi connectivity index (χ0) is 16.2. The van der Waals surface area contributed by atoms with Gasteiger partial charge in [0.05, 0.1) is 0 Å². The van der Waals surface area contributed by atoms with Crippen molar-refractivity contribution < 1.29 is 9.53 Å². The van der Waals surface area contributed by atoms with Gasteiger partial charge in [-0.15, -0.1) is 0 Å². The topological polar surface area (TPSA) is 41.6 Å². The molecule has 1 saturated carbocycles. The van der Waals surface area contributed by atoms with E-state index in [9.17, 15) is 4.79 Å². The average molecular weight is 329 g/mol. The molecular formula is C17H32N2O2S. The van der Waals surface area contributed by atoms with E-state index in [1.807, 2.05) is 37.4 Å². The molecule has 4 nitrogen and oxygen atoms in total. The number of carbonyl (C=O) groups is 1. The summed E-state index contributed by atoms with van der Waals surface area (Å²) >= 11 is 2.00. The number of rotatable bonds is 3. The molecule has 1 heterocycles. The van der Waals surface area contributed by atoms with E-state index < -0.39 is 5.60 Å². The molecule has 5 heteroatoms. The normalized spacial score (nSPS) is 30.2. The number of ether oxygens (including phenoxy) is 1. The van der Waals surface area contributed by atoms with Gasteiger partial charge in [0.25, 0.3) is 0 Å². The van der Waals surface area contributed by atoms with Crippen molar-refractivity contribution >= 4 is 17.9 Å². The number of nitrogens with zero attached hydrogens (tertiary/aromatic N) is 1. The Balaban J connectivity index is 1.81. The molecule has 2 fully saturated rings. The van der Waals surface area contributed by atoms with Gasteiger partial charge in [-0.2, -0.15) is 11.8 Å². The molecule has 3 unspecified atom stereocenters. The summed E-state index contributed by atoms with van der Waals surface area (Å²) in [5.74, 6) is 0. The third-order valence-electron chi connectivity index (χ3n) is 4.58. The fraction of sp³-hybridized carbons (Fsp3) is 0.941. The fourth-order valence-electron chi connectivity index (χ4n) is 3.47. The lowest BCUT2D eigenvalue weighted by molar-refractivity contribution is 0.0256. The minimum absolute atomic E-state index is 0.156. The number of hydrogen-bond donors (Lipinski definition) is 1. The third-order valence-corrected chi connectivity index (χ3v) is 5.75. The van der Waals surface area contributed by atoms with Crippen LogP contribution < -0.4 is 5.32 Å². The fourth-order valence-corrected chi connectivity index (χ4v) is 4.42. The van der Waals surface area contributed by atoms with Crippen molar-refractivity contribution in [2.75, 3.05) is 19.3 Å². The highest BCUT2D eigenvalue weighted by atomic mass is 32.2. The summed E-state index contributed by atoms with van der Waals surface area (Å²) in [5, 5.41) is 4.64. The molecule has 0 aromatic rings. The Kier molecular flexibility index (Phi) is 6.45. The molecule has 128 valence electrons. The Morgan fingerprint density at radius 3 is 2.59 bits per heavy atom. The van der Waals surface area contributed by atoms with Crippen LogP contribution in [0.1, 0.15) is 59.3 Å². The van der Waals surface area contributed by atoms with Crippen molar-refractivity contribution in [2.24, 2.45) is 0 Å². The first-order chi connectivity index (χ1) is 10.4. The largest absolute Gasteiger partial charge is 0.444 e. The highest BCUT2D eigenvalue weighted by molar-refractivity contribution is 7.99. The summed E-state index contributed by atoms with van der Waals surface area (Å²) in [4.78, 5) is 14.1. The van der Waals surface area contributed by atoms with Crippen LogP contribution in [-0.2, 0) is 4.74 Å². The van der Waals surface area contributed by atoms with E-state index in [1.165, 1.54) is 19.3 Å². The van der Waals surface area contributed by atoms with Crippen molar-refractivity contribution in [2.45, 2.75) is 82.2 Å². The second-order valence-corrected chi connectivity index (χ2v) is 8.65. The number of carbonyl (C=O) groups excluding carboxylic acids is 1. The molecule has 0 aromatic carbocycles. The zero-order valence-corrected chi connectivity index (χ0v) is 15.4. The van der Waals surface area contributed by atoms with E-state index in [2.05, 4.69) is 11.6 Å². The van der Waals surface area contributed by atoms with E-state index >= 15 is 0 Å².